The molecule has 7 heteroatoms. The first-order chi connectivity index (χ1) is 13.0. The molecule has 0 bridgehead atoms. The van der Waals surface area contributed by atoms with Gasteiger partial charge in [0.15, 0.2) is 0 Å². The minimum absolute atomic E-state index is 0.0725. The maximum atomic E-state index is 14.0. The van der Waals surface area contributed by atoms with Gasteiger partial charge in [0.25, 0.3) is 5.91 Å². The van der Waals surface area contributed by atoms with Crippen molar-refractivity contribution in [3.63, 3.8) is 0 Å². The number of benzene rings is 1. The summed E-state index contributed by atoms with van der Waals surface area (Å²) >= 11 is 0. The quantitative estimate of drug-likeness (QED) is 0.809. The van der Waals surface area contributed by atoms with E-state index in [1.165, 1.54) is 6.07 Å². The van der Waals surface area contributed by atoms with Crippen molar-refractivity contribution in [2.24, 2.45) is 0 Å². The molecule has 1 aromatic carbocycles. The maximum absolute atomic E-state index is 14.0. The molecule has 1 aromatic heterocycles. The molecule has 0 N–H and O–H groups in total. The van der Waals surface area contributed by atoms with Gasteiger partial charge in [-0.1, -0.05) is 12.1 Å². The van der Waals surface area contributed by atoms with E-state index in [2.05, 4.69) is 14.9 Å². The van der Waals surface area contributed by atoms with Crippen molar-refractivity contribution in [1.82, 2.24) is 14.9 Å². The zero-order valence-electron chi connectivity index (χ0n) is 16.2. The minimum atomic E-state index is -0.204. The summed E-state index contributed by atoms with van der Waals surface area (Å²) in [7, 11) is 0. The van der Waals surface area contributed by atoms with Crippen LogP contribution in [0.15, 0.2) is 30.3 Å². The molecule has 144 valence electrons. The van der Waals surface area contributed by atoms with Gasteiger partial charge in [0, 0.05) is 45.0 Å². The Labute approximate surface area is 159 Å². The molecule has 6 nitrogen and oxygen atoms in total. The molecular weight excluding hydrogens is 345 g/mol. The Morgan fingerprint density at radius 3 is 2.33 bits per heavy atom. The number of amides is 1. The normalized spacial score (nSPS) is 14.4. The summed E-state index contributed by atoms with van der Waals surface area (Å²) < 4.78 is 14.0. The van der Waals surface area contributed by atoms with E-state index in [9.17, 15) is 9.18 Å². The van der Waals surface area contributed by atoms with Crippen molar-refractivity contribution >= 4 is 17.5 Å². The Balaban J connectivity index is 1.74. The Morgan fingerprint density at radius 1 is 1.07 bits per heavy atom. The highest BCUT2D eigenvalue weighted by atomic mass is 19.1. The number of halogens is 1. The Kier molecular flexibility index (Phi) is 5.88. The molecule has 1 aliphatic heterocycles. The predicted molar refractivity (Wildman–Crippen MR) is 105 cm³/mol. The molecule has 0 spiro atoms. The van der Waals surface area contributed by atoms with Crippen LogP contribution in [-0.4, -0.2) is 60.0 Å². The number of hydrogen-bond donors (Lipinski definition) is 0. The highest BCUT2D eigenvalue weighted by Gasteiger charge is 2.23. The summed E-state index contributed by atoms with van der Waals surface area (Å²) in [5, 5.41) is 0. The first-order valence-electron chi connectivity index (χ1n) is 9.42. The topological polar surface area (TPSA) is 52.6 Å². The molecule has 1 fully saturated rings. The van der Waals surface area contributed by atoms with Crippen LogP contribution in [0.2, 0.25) is 0 Å². The number of nitrogens with zero attached hydrogens (tertiary/aromatic N) is 5. The number of para-hydroxylation sites is 1. The molecule has 1 aliphatic rings. The third-order valence-corrected chi connectivity index (χ3v) is 4.87. The molecule has 2 heterocycles. The van der Waals surface area contributed by atoms with E-state index >= 15 is 0 Å². The lowest BCUT2D eigenvalue weighted by molar-refractivity contribution is 0.0767. The number of aryl methyl sites for hydroxylation is 1. The first kappa shape index (κ1) is 19.1. The van der Waals surface area contributed by atoms with Crippen molar-refractivity contribution in [3.8, 4) is 0 Å². The van der Waals surface area contributed by atoms with Crippen LogP contribution >= 0.6 is 0 Å². The summed E-state index contributed by atoms with van der Waals surface area (Å²) in [6, 6.07) is 8.56. The average Bonchev–Trinajstić information content (AvgIpc) is 2.69. The standard InChI is InChI=1S/C20H26FN5O/c1-4-24(5-2)19(27)17-14-15(3)22-20(23-17)26-12-10-25(11-13-26)18-9-7-6-8-16(18)21/h6-9,14H,4-5,10-13H2,1-3H3. The third-order valence-electron chi connectivity index (χ3n) is 4.87. The Morgan fingerprint density at radius 2 is 1.70 bits per heavy atom. The second kappa shape index (κ2) is 8.33. The molecule has 1 saturated heterocycles. The summed E-state index contributed by atoms with van der Waals surface area (Å²) in [5.41, 5.74) is 1.82. The van der Waals surface area contributed by atoms with E-state index in [-0.39, 0.29) is 11.7 Å². The van der Waals surface area contributed by atoms with Gasteiger partial charge in [0.05, 0.1) is 5.69 Å². The zero-order valence-corrected chi connectivity index (χ0v) is 16.2. The van der Waals surface area contributed by atoms with Crippen LogP contribution in [0.4, 0.5) is 16.0 Å². The van der Waals surface area contributed by atoms with Crippen molar-refractivity contribution < 1.29 is 9.18 Å². The monoisotopic (exact) mass is 371 g/mol. The minimum Gasteiger partial charge on any atom is -0.366 e. The lowest BCUT2D eigenvalue weighted by atomic mass is 10.2. The molecule has 1 amide bonds. The van der Waals surface area contributed by atoms with E-state index in [4.69, 9.17) is 0 Å². The number of rotatable bonds is 5. The molecule has 0 atom stereocenters. The zero-order chi connectivity index (χ0) is 19.4. The van der Waals surface area contributed by atoms with Crippen LogP contribution < -0.4 is 9.80 Å². The van der Waals surface area contributed by atoms with Crippen LogP contribution in [0.1, 0.15) is 30.0 Å². The lowest BCUT2D eigenvalue weighted by Crippen LogP contribution is -2.47. The van der Waals surface area contributed by atoms with E-state index in [1.54, 1.807) is 23.1 Å². The number of anilines is 2. The summed E-state index contributed by atoms with van der Waals surface area (Å²) in [5.74, 6) is 0.292. The molecule has 0 saturated carbocycles. The second-order valence-electron chi connectivity index (χ2n) is 6.60. The summed E-state index contributed by atoms with van der Waals surface area (Å²) in [4.78, 5) is 27.5. The van der Waals surface area contributed by atoms with E-state index in [0.717, 1.165) is 5.69 Å². The van der Waals surface area contributed by atoms with Crippen LogP contribution in [0.5, 0.6) is 0 Å². The van der Waals surface area contributed by atoms with Gasteiger partial charge >= 0.3 is 0 Å². The number of carbonyl (C=O) groups is 1. The van der Waals surface area contributed by atoms with E-state index in [1.807, 2.05) is 31.7 Å². The average molecular weight is 371 g/mol. The van der Waals surface area contributed by atoms with Crippen LogP contribution in [0.25, 0.3) is 0 Å². The molecule has 27 heavy (non-hydrogen) atoms. The van der Waals surface area contributed by atoms with Gasteiger partial charge in [-0.25, -0.2) is 14.4 Å². The number of piperazine rings is 1. The molecule has 0 aliphatic carbocycles. The summed E-state index contributed by atoms with van der Waals surface area (Å²) in [6.07, 6.45) is 0. The third kappa shape index (κ3) is 4.18. The number of hydrogen-bond acceptors (Lipinski definition) is 5. The van der Waals surface area contributed by atoms with E-state index < -0.39 is 0 Å². The van der Waals surface area contributed by atoms with Gasteiger partial charge in [-0.2, -0.15) is 0 Å². The smallest absolute Gasteiger partial charge is 0.272 e. The van der Waals surface area contributed by atoms with Gasteiger partial charge < -0.3 is 14.7 Å². The Hall–Kier alpha value is -2.70. The van der Waals surface area contributed by atoms with Crippen molar-refractivity contribution in [1.29, 1.82) is 0 Å². The lowest BCUT2D eigenvalue weighted by Gasteiger charge is -2.36. The van der Waals surface area contributed by atoms with E-state index in [0.29, 0.717) is 56.6 Å². The van der Waals surface area contributed by atoms with Crippen LogP contribution in [0.3, 0.4) is 0 Å². The predicted octanol–water partition coefficient (Wildman–Crippen LogP) is 2.73. The fraction of sp³-hybridized carbons (Fsp3) is 0.450. The van der Waals surface area contributed by atoms with Gasteiger partial charge in [-0.05, 0) is 39.0 Å². The highest BCUT2D eigenvalue weighted by Crippen LogP contribution is 2.22. The van der Waals surface area contributed by atoms with Crippen molar-refractivity contribution in [3.05, 3.63) is 47.5 Å². The SMILES string of the molecule is CCN(CC)C(=O)c1cc(C)nc(N2CCN(c3ccccc3F)CC2)n1. The van der Waals surface area contributed by atoms with Gasteiger partial charge in [-0.15, -0.1) is 0 Å². The number of carbonyl (C=O) groups excluding carboxylic acids is 1. The first-order valence-corrected chi connectivity index (χ1v) is 9.42. The molecule has 0 radical (unpaired) electrons. The maximum Gasteiger partial charge on any atom is 0.272 e. The number of aromatic nitrogens is 2. The highest BCUT2D eigenvalue weighted by molar-refractivity contribution is 5.92. The van der Waals surface area contributed by atoms with Crippen LogP contribution in [0, 0.1) is 12.7 Å². The second-order valence-corrected chi connectivity index (χ2v) is 6.60. The van der Waals surface area contributed by atoms with Crippen molar-refractivity contribution in [2.75, 3.05) is 49.1 Å². The summed E-state index contributed by atoms with van der Waals surface area (Å²) in [6.45, 7) is 9.79. The fourth-order valence-electron chi connectivity index (χ4n) is 3.33. The van der Waals surface area contributed by atoms with Crippen molar-refractivity contribution in [2.45, 2.75) is 20.8 Å². The van der Waals surface area contributed by atoms with Gasteiger partial charge in [-0.3, -0.25) is 4.79 Å². The Bertz CT molecular complexity index is 801. The molecular formula is C20H26FN5O. The van der Waals surface area contributed by atoms with Gasteiger partial charge in [0.2, 0.25) is 5.95 Å². The molecule has 0 unspecified atom stereocenters. The van der Waals surface area contributed by atoms with Gasteiger partial charge in [0.1, 0.15) is 11.5 Å². The molecule has 2 aromatic rings. The fourth-order valence-corrected chi connectivity index (χ4v) is 3.33. The molecule has 3 rings (SSSR count). The van der Waals surface area contributed by atoms with Crippen LogP contribution in [-0.2, 0) is 0 Å². The largest absolute Gasteiger partial charge is 0.366 e.